The Kier molecular flexibility index (Phi) is 5.09. The van der Waals surface area contributed by atoms with E-state index in [1.54, 1.807) is 20.9 Å². The summed E-state index contributed by atoms with van der Waals surface area (Å²) in [4.78, 5) is 0.224. The predicted octanol–water partition coefficient (Wildman–Crippen LogP) is 3.13. The minimum atomic E-state index is -3.49. The minimum Gasteiger partial charge on any atom is -0.360 e. The molecule has 5 nitrogen and oxygen atoms in total. The lowest BCUT2D eigenvalue weighted by Gasteiger charge is -2.28. The van der Waals surface area contributed by atoms with Crippen molar-refractivity contribution in [2.45, 2.75) is 57.8 Å². The molecular formula is C15H26N2O3S. The van der Waals surface area contributed by atoms with Gasteiger partial charge in [0.2, 0.25) is 10.0 Å². The average molecular weight is 314 g/mol. The van der Waals surface area contributed by atoms with E-state index in [0.29, 0.717) is 23.9 Å². The fraction of sp³-hybridized carbons (Fsp3) is 0.800. The standard InChI is InChI=1S/C15H26N2O3S/c1-11-6-5-7-14(10-11)8-9-17(4)21(18,19)15-12(2)16-20-13(15)3/h11,14H,5-10H2,1-4H3. The lowest BCUT2D eigenvalue weighted by atomic mass is 9.81. The van der Waals surface area contributed by atoms with Gasteiger partial charge >= 0.3 is 0 Å². The van der Waals surface area contributed by atoms with Crippen LogP contribution in [0.3, 0.4) is 0 Å². The molecule has 1 saturated carbocycles. The molecule has 1 aliphatic rings. The Bertz CT molecular complexity index is 560. The average Bonchev–Trinajstić information content (AvgIpc) is 2.76. The molecule has 2 unspecified atom stereocenters. The number of aromatic nitrogens is 1. The van der Waals surface area contributed by atoms with Crippen LogP contribution < -0.4 is 0 Å². The van der Waals surface area contributed by atoms with Gasteiger partial charge in [-0.15, -0.1) is 0 Å². The quantitative estimate of drug-likeness (QED) is 0.837. The first kappa shape index (κ1) is 16.5. The Balaban J connectivity index is 2.01. The fourth-order valence-corrected chi connectivity index (χ4v) is 4.77. The maximum Gasteiger partial charge on any atom is 0.248 e. The third-order valence-electron chi connectivity index (χ3n) is 4.53. The molecule has 21 heavy (non-hydrogen) atoms. The van der Waals surface area contributed by atoms with Crippen LogP contribution in [0.5, 0.6) is 0 Å². The van der Waals surface area contributed by atoms with Crippen LogP contribution in [-0.2, 0) is 10.0 Å². The van der Waals surface area contributed by atoms with E-state index in [1.165, 1.54) is 30.0 Å². The molecule has 1 aliphatic carbocycles. The number of hydrogen-bond donors (Lipinski definition) is 0. The number of rotatable bonds is 5. The molecule has 1 aromatic rings. The van der Waals surface area contributed by atoms with Crippen LogP contribution in [-0.4, -0.2) is 31.5 Å². The zero-order valence-corrected chi connectivity index (χ0v) is 14.2. The summed E-state index contributed by atoms with van der Waals surface area (Å²) in [5.41, 5.74) is 0.436. The van der Waals surface area contributed by atoms with Gasteiger partial charge in [0.05, 0.1) is 0 Å². The van der Waals surface area contributed by atoms with Gasteiger partial charge < -0.3 is 4.52 Å². The van der Waals surface area contributed by atoms with Crippen LogP contribution in [0, 0.1) is 25.7 Å². The number of sulfonamides is 1. The maximum atomic E-state index is 12.6. The van der Waals surface area contributed by atoms with E-state index in [2.05, 4.69) is 12.1 Å². The maximum absolute atomic E-state index is 12.6. The fourth-order valence-electron chi connectivity index (χ4n) is 3.31. The molecular weight excluding hydrogens is 288 g/mol. The lowest BCUT2D eigenvalue weighted by molar-refractivity contribution is 0.257. The van der Waals surface area contributed by atoms with Crippen molar-refractivity contribution in [3.05, 3.63) is 11.5 Å². The van der Waals surface area contributed by atoms with Crippen LogP contribution in [0.1, 0.15) is 50.5 Å². The zero-order chi connectivity index (χ0) is 15.6. The van der Waals surface area contributed by atoms with Gasteiger partial charge in [0.1, 0.15) is 10.6 Å². The topological polar surface area (TPSA) is 63.4 Å². The van der Waals surface area contributed by atoms with Crippen LogP contribution >= 0.6 is 0 Å². The van der Waals surface area contributed by atoms with Gasteiger partial charge in [0, 0.05) is 13.6 Å². The van der Waals surface area contributed by atoms with Gasteiger partial charge in [-0.2, -0.15) is 0 Å². The van der Waals surface area contributed by atoms with Crippen molar-refractivity contribution in [2.75, 3.05) is 13.6 Å². The molecule has 0 saturated heterocycles. The smallest absolute Gasteiger partial charge is 0.248 e. The lowest BCUT2D eigenvalue weighted by Crippen LogP contribution is -2.30. The molecule has 0 aromatic carbocycles. The molecule has 0 spiro atoms. The summed E-state index contributed by atoms with van der Waals surface area (Å²) < 4.78 is 31.6. The summed E-state index contributed by atoms with van der Waals surface area (Å²) in [5, 5.41) is 3.74. The van der Waals surface area contributed by atoms with E-state index < -0.39 is 10.0 Å². The summed E-state index contributed by atoms with van der Waals surface area (Å²) in [6.45, 7) is 6.16. The minimum absolute atomic E-state index is 0.224. The normalized spacial score (nSPS) is 23.7. The van der Waals surface area contributed by atoms with Crippen molar-refractivity contribution in [3.8, 4) is 0 Å². The van der Waals surface area contributed by atoms with Gasteiger partial charge in [-0.05, 0) is 38.5 Å². The van der Waals surface area contributed by atoms with Crippen molar-refractivity contribution in [1.82, 2.24) is 9.46 Å². The highest BCUT2D eigenvalue weighted by molar-refractivity contribution is 7.89. The number of nitrogens with zero attached hydrogens (tertiary/aromatic N) is 2. The largest absolute Gasteiger partial charge is 0.360 e. The van der Waals surface area contributed by atoms with Crippen molar-refractivity contribution < 1.29 is 12.9 Å². The van der Waals surface area contributed by atoms with E-state index in [0.717, 1.165) is 12.3 Å². The van der Waals surface area contributed by atoms with E-state index in [1.807, 2.05) is 0 Å². The van der Waals surface area contributed by atoms with Gasteiger partial charge in [-0.1, -0.05) is 31.3 Å². The second-order valence-electron chi connectivity index (χ2n) is 6.41. The highest BCUT2D eigenvalue weighted by Gasteiger charge is 2.29. The van der Waals surface area contributed by atoms with Gasteiger partial charge in [-0.3, -0.25) is 0 Å². The van der Waals surface area contributed by atoms with Crippen LogP contribution in [0.2, 0.25) is 0 Å². The Labute approximate surface area is 127 Å². The first-order valence-electron chi connectivity index (χ1n) is 7.71. The predicted molar refractivity (Wildman–Crippen MR) is 81.5 cm³/mol. The number of hydrogen-bond acceptors (Lipinski definition) is 4. The molecule has 1 aromatic heterocycles. The summed E-state index contributed by atoms with van der Waals surface area (Å²) in [7, 11) is -1.85. The highest BCUT2D eigenvalue weighted by atomic mass is 32.2. The Morgan fingerprint density at radius 3 is 2.62 bits per heavy atom. The van der Waals surface area contributed by atoms with E-state index in [4.69, 9.17) is 4.52 Å². The third kappa shape index (κ3) is 3.66. The van der Waals surface area contributed by atoms with Crippen LogP contribution in [0.4, 0.5) is 0 Å². The van der Waals surface area contributed by atoms with Crippen molar-refractivity contribution in [2.24, 2.45) is 11.8 Å². The Morgan fingerprint density at radius 2 is 2.05 bits per heavy atom. The summed E-state index contributed by atoms with van der Waals surface area (Å²) in [6.07, 6.45) is 5.96. The van der Waals surface area contributed by atoms with Crippen molar-refractivity contribution >= 4 is 10.0 Å². The molecule has 0 bridgehead atoms. The van der Waals surface area contributed by atoms with E-state index >= 15 is 0 Å². The van der Waals surface area contributed by atoms with E-state index in [9.17, 15) is 8.42 Å². The molecule has 2 atom stereocenters. The summed E-state index contributed by atoms with van der Waals surface area (Å²) in [6, 6.07) is 0. The Hall–Kier alpha value is -0.880. The van der Waals surface area contributed by atoms with Crippen molar-refractivity contribution in [3.63, 3.8) is 0 Å². The Morgan fingerprint density at radius 1 is 1.33 bits per heavy atom. The van der Waals surface area contributed by atoms with Gasteiger partial charge in [0.15, 0.2) is 5.76 Å². The highest BCUT2D eigenvalue weighted by Crippen LogP contribution is 2.31. The van der Waals surface area contributed by atoms with Crippen LogP contribution in [0.25, 0.3) is 0 Å². The summed E-state index contributed by atoms with van der Waals surface area (Å²) in [5.74, 6) is 1.79. The molecule has 1 fully saturated rings. The molecule has 1 heterocycles. The van der Waals surface area contributed by atoms with Gasteiger partial charge in [0.25, 0.3) is 0 Å². The molecule has 2 rings (SSSR count). The SMILES string of the molecule is Cc1noc(C)c1S(=O)(=O)N(C)CCC1CCCC(C)C1. The third-order valence-corrected chi connectivity index (χ3v) is 6.64. The second-order valence-corrected chi connectivity index (χ2v) is 8.39. The van der Waals surface area contributed by atoms with Crippen LogP contribution in [0.15, 0.2) is 9.42 Å². The number of aryl methyl sites for hydroxylation is 2. The van der Waals surface area contributed by atoms with Gasteiger partial charge in [-0.25, -0.2) is 12.7 Å². The monoisotopic (exact) mass is 314 g/mol. The van der Waals surface area contributed by atoms with Crippen molar-refractivity contribution in [1.29, 1.82) is 0 Å². The molecule has 6 heteroatoms. The molecule has 0 radical (unpaired) electrons. The first-order chi connectivity index (χ1) is 9.82. The summed E-state index contributed by atoms with van der Waals surface area (Å²) >= 11 is 0. The molecule has 0 aliphatic heterocycles. The first-order valence-corrected chi connectivity index (χ1v) is 9.15. The molecule has 120 valence electrons. The molecule has 0 N–H and O–H groups in total. The zero-order valence-electron chi connectivity index (χ0n) is 13.4. The molecule has 0 amide bonds. The second kappa shape index (κ2) is 6.48. The van der Waals surface area contributed by atoms with E-state index in [-0.39, 0.29) is 4.90 Å².